The summed E-state index contributed by atoms with van der Waals surface area (Å²) in [6.45, 7) is 0. The SMILES string of the molecule is Nc1ccc(-c2cc3cccc(C(F)(F)F)c3o2)nc1. The molecule has 3 aromatic rings. The van der Waals surface area contributed by atoms with E-state index in [1.54, 1.807) is 18.2 Å². The maximum atomic E-state index is 12.9. The lowest BCUT2D eigenvalue weighted by Gasteiger charge is -2.06. The van der Waals surface area contributed by atoms with Gasteiger partial charge in [0.05, 0.1) is 17.4 Å². The van der Waals surface area contributed by atoms with Crippen LogP contribution in [0.15, 0.2) is 47.0 Å². The minimum atomic E-state index is -4.46. The van der Waals surface area contributed by atoms with Crippen molar-refractivity contribution >= 4 is 16.7 Å². The third kappa shape index (κ3) is 2.09. The van der Waals surface area contributed by atoms with Crippen LogP contribution < -0.4 is 5.73 Å². The molecule has 0 spiro atoms. The van der Waals surface area contributed by atoms with E-state index >= 15 is 0 Å². The molecule has 1 aromatic carbocycles. The lowest BCUT2D eigenvalue weighted by Crippen LogP contribution is -2.04. The zero-order chi connectivity index (χ0) is 14.3. The largest absolute Gasteiger partial charge is 0.454 e. The molecule has 20 heavy (non-hydrogen) atoms. The summed E-state index contributed by atoms with van der Waals surface area (Å²) in [5.41, 5.74) is 5.44. The minimum Gasteiger partial charge on any atom is -0.454 e. The van der Waals surface area contributed by atoms with Crippen molar-refractivity contribution in [3.8, 4) is 11.5 Å². The number of nitrogen functional groups attached to an aromatic ring is 1. The van der Waals surface area contributed by atoms with Crippen molar-refractivity contribution in [2.45, 2.75) is 6.18 Å². The maximum absolute atomic E-state index is 12.9. The molecule has 0 saturated carbocycles. The van der Waals surface area contributed by atoms with E-state index in [1.807, 2.05) is 0 Å². The average Bonchev–Trinajstić information content (AvgIpc) is 2.81. The highest BCUT2D eigenvalue weighted by molar-refractivity contribution is 5.85. The number of para-hydroxylation sites is 1. The summed E-state index contributed by atoms with van der Waals surface area (Å²) in [6.07, 6.45) is -3.03. The molecular formula is C14H9F3N2O. The molecule has 3 nitrogen and oxygen atoms in total. The van der Waals surface area contributed by atoms with Gasteiger partial charge in [0.25, 0.3) is 0 Å². The van der Waals surface area contributed by atoms with Gasteiger partial charge in [-0.15, -0.1) is 0 Å². The monoisotopic (exact) mass is 278 g/mol. The Morgan fingerprint density at radius 2 is 1.90 bits per heavy atom. The molecule has 0 fully saturated rings. The summed E-state index contributed by atoms with van der Waals surface area (Å²) < 4.78 is 44.0. The molecule has 0 saturated heterocycles. The van der Waals surface area contributed by atoms with Crippen LogP contribution in [0.3, 0.4) is 0 Å². The van der Waals surface area contributed by atoms with E-state index in [-0.39, 0.29) is 11.3 Å². The summed E-state index contributed by atoms with van der Waals surface area (Å²) in [6, 6.07) is 8.64. The molecule has 2 N–H and O–H groups in total. The van der Waals surface area contributed by atoms with Crippen LogP contribution >= 0.6 is 0 Å². The highest BCUT2D eigenvalue weighted by Gasteiger charge is 2.34. The number of anilines is 1. The molecule has 2 heterocycles. The van der Waals surface area contributed by atoms with Crippen LogP contribution in [0.1, 0.15) is 5.56 Å². The fraction of sp³-hybridized carbons (Fsp3) is 0.0714. The lowest BCUT2D eigenvalue weighted by molar-refractivity contribution is -0.136. The molecule has 0 amide bonds. The highest BCUT2D eigenvalue weighted by atomic mass is 19.4. The van der Waals surface area contributed by atoms with Gasteiger partial charge in [-0.25, -0.2) is 0 Å². The third-order valence-corrected chi connectivity index (χ3v) is 2.89. The molecule has 0 bridgehead atoms. The van der Waals surface area contributed by atoms with Gasteiger partial charge < -0.3 is 10.2 Å². The Morgan fingerprint density at radius 1 is 1.10 bits per heavy atom. The zero-order valence-electron chi connectivity index (χ0n) is 10.1. The molecule has 3 rings (SSSR count). The molecule has 0 radical (unpaired) electrons. The second kappa shape index (κ2) is 4.26. The first kappa shape index (κ1) is 12.5. The van der Waals surface area contributed by atoms with Crippen LogP contribution in [-0.2, 0) is 6.18 Å². The Bertz CT molecular complexity index is 760. The van der Waals surface area contributed by atoms with Crippen molar-refractivity contribution in [3.05, 3.63) is 48.2 Å². The molecule has 2 aromatic heterocycles. The van der Waals surface area contributed by atoms with Crippen LogP contribution in [0.4, 0.5) is 18.9 Å². The first-order valence-electron chi connectivity index (χ1n) is 5.77. The minimum absolute atomic E-state index is 0.186. The van der Waals surface area contributed by atoms with E-state index in [1.165, 1.54) is 18.3 Å². The standard InChI is InChI=1S/C14H9F3N2O/c15-14(16,17)10-3-1-2-8-6-12(20-13(8)10)11-5-4-9(18)7-19-11/h1-7H,18H2. The predicted molar refractivity (Wildman–Crippen MR) is 68.9 cm³/mol. The number of pyridine rings is 1. The first-order valence-corrected chi connectivity index (χ1v) is 5.77. The summed E-state index contributed by atoms with van der Waals surface area (Å²) >= 11 is 0. The van der Waals surface area contributed by atoms with Gasteiger partial charge >= 0.3 is 6.18 Å². The number of hydrogen-bond acceptors (Lipinski definition) is 3. The molecule has 0 atom stereocenters. The van der Waals surface area contributed by atoms with E-state index in [0.717, 1.165) is 6.07 Å². The highest BCUT2D eigenvalue weighted by Crippen LogP contribution is 2.37. The number of benzene rings is 1. The van der Waals surface area contributed by atoms with Gasteiger partial charge in [0.1, 0.15) is 11.3 Å². The number of nitrogens with two attached hydrogens (primary N) is 1. The van der Waals surface area contributed by atoms with Gasteiger partial charge in [0, 0.05) is 5.39 Å². The molecule has 0 aliphatic carbocycles. The van der Waals surface area contributed by atoms with Crippen LogP contribution in [0.5, 0.6) is 0 Å². The number of furan rings is 1. The predicted octanol–water partition coefficient (Wildman–Crippen LogP) is 4.10. The Hall–Kier alpha value is -2.50. The number of aromatic nitrogens is 1. The Balaban J connectivity index is 2.18. The summed E-state index contributed by atoms with van der Waals surface area (Å²) in [5, 5.41) is 0.383. The second-order valence-electron chi connectivity index (χ2n) is 4.31. The van der Waals surface area contributed by atoms with Gasteiger partial charge in [0.15, 0.2) is 5.76 Å². The third-order valence-electron chi connectivity index (χ3n) is 2.89. The molecule has 0 aliphatic rings. The van der Waals surface area contributed by atoms with Gasteiger partial charge in [-0.2, -0.15) is 13.2 Å². The van der Waals surface area contributed by atoms with E-state index < -0.39 is 11.7 Å². The lowest BCUT2D eigenvalue weighted by atomic mass is 10.1. The summed E-state index contributed by atoms with van der Waals surface area (Å²) in [4.78, 5) is 4.04. The van der Waals surface area contributed by atoms with Gasteiger partial charge in [-0.1, -0.05) is 12.1 Å². The van der Waals surface area contributed by atoms with Crippen molar-refractivity contribution in [3.63, 3.8) is 0 Å². The first-order chi connectivity index (χ1) is 9.45. The number of rotatable bonds is 1. The fourth-order valence-corrected chi connectivity index (χ4v) is 1.96. The summed E-state index contributed by atoms with van der Waals surface area (Å²) in [7, 11) is 0. The maximum Gasteiger partial charge on any atom is 0.420 e. The topological polar surface area (TPSA) is 52.0 Å². The normalized spacial score (nSPS) is 11.9. The molecule has 0 unspecified atom stereocenters. The molecular weight excluding hydrogens is 269 g/mol. The fourth-order valence-electron chi connectivity index (χ4n) is 1.96. The Morgan fingerprint density at radius 3 is 2.55 bits per heavy atom. The van der Waals surface area contributed by atoms with Gasteiger partial charge in [-0.05, 0) is 24.3 Å². The number of alkyl halides is 3. The van der Waals surface area contributed by atoms with E-state index in [0.29, 0.717) is 16.8 Å². The average molecular weight is 278 g/mol. The smallest absolute Gasteiger partial charge is 0.420 e. The van der Waals surface area contributed by atoms with E-state index in [9.17, 15) is 13.2 Å². The van der Waals surface area contributed by atoms with Crippen LogP contribution in [0.2, 0.25) is 0 Å². The molecule has 0 aliphatic heterocycles. The van der Waals surface area contributed by atoms with E-state index in [2.05, 4.69) is 4.98 Å². The van der Waals surface area contributed by atoms with Crippen LogP contribution in [0, 0.1) is 0 Å². The number of halogens is 3. The second-order valence-corrected chi connectivity index (χ2v) is 4.31. The van der Waals surface area contributed by atoms with Crippen LogP contribution in [-0.4, -0.2) is 4.98 Å². The van der Waals surface area contributed by atoms with Crippen molar-refractivity contribution in [1.82, 2.24) is 4.98 Å². The van der Waals surface area contributed by atoms with Gasteiger partial charge in [0.2, 0.25) is 0 Å². The zero-order valence-corrected chi connectivity index (χ0v) is 10.1. The Kier molecular flexibility index (Phi) is 2.67. The Labute approximate surface area is 111 Å². The number of nitrogens with zero attached hydrogens (tertiary/aromatic N) is 1. The summed E-state index contributed by atoms with van der Waals surface area (Å²) in [5.74, 6) is 0.275. The van der Waals surface area contributed by atoms with Crippen molar-refractivity contribution in [1.29, 1.82) is 0 Å². The molecule has 6 heteroatoms. The van der Waals surface area contributed by atoms with E-state index in [4.69, 9.17) is 10.2 Å². The number of hydrogen-bond donors (Lipinski definition) is 1. The van der Waals surface area contributed by atoms with Crippen molar-refractivity contribution in [2.24, 2.45) is 0 Å². The number of fused-ring (bicyclic) bond motifs is 1. The molecule has 102 valence electrons. The quantitative estimate of drug-likeness (QED) is 0.729. The van der Waals surface area contributed by atoms with Crippen molar-refractivity contribution in [2.75, 3.05) is 5.73 Å². The van der Waals surface area contributed by atoms with Gasteiger partial charge in [-0.3, -0.25) is 4.98 Å². The van der Waals surface area contributed by atoms with Crippen molar-refractivity contribution < 1.29 is 17.6 Å². The van der Waals surface area contributed by atoms with Crippen LogP contribution in [0.25, 0.3) is 22.4 Å².